The van der Waals surface area contributed by atoms with E-state index in [4.69, 9.17) is 16.0 Å². The van der Waals surface area contributed by atoms with Crippen molar-refractivity contribution in [1.29, 1.82) is 0 Å². The Labute approximate surface area is 110 Å². The molecule has 0 aliphatic rings. The van der Waals surface area contributed by atoms with E-state index in [1.807, 2.05) is 0 Å². The number of rotatable bonds is 5. The second kappa shape index (κ2) is 5.16. The summed E-state index contributed by atoms with van der Waals surface area (Å²) in [6.45, 7) is 1.74. The van der Waals surface area contributed by atoms with Crippen LogP contribution in [0, 0.1) is 6.92 Å². The fourth-order valence-corrected chi connectivity index (χ4v) is 2.99. The number of anilines is 1. The normalized spacial score (nSPS) is 11.9. The molecule has 1 heterocycles. The summed E-state index contributed by atoms with van der Waals surface area (Å²) < 4.78 is 31.2. The summed E-state index contributed by atoms with van der Waals surface area (Å²) in [5, 5.41) is 0. The van der Waals surface area contributed by atoms with Crippen LogP contribution in [0.15, 0.2) is 22.6 Å². The van der Waals surface area contributed by atoms with Crippen molar-refractivity contribution in [2.75, 3.05) is 16.4 Å². The maximum Gasteiger partial charge on any atom is 0.232 e. The summed E-state index contributed by atoms with van der Waals surface area (Å²) in [5.74, 6) is 0.876. The molecular formula is C11H13ClN2O3S. The van der Waals surface area contributed by atoms with Gasteiger partial charge in [-0.15, -0.1) is 11.6 Å². The van der Waals surface area contributed by atoms with Gasteiger partial charge in [0.2, 0.25) is 10.0 Å². The molecule has 18 heavy (non-hydrogen) atoms. The summed E-state index contributed by atoms with van der Waals surface area (Å²) >= 11 is 5.48. The Hall–Kier alpha value is -1.27. The molecule has 0 saturated heterocycles. The predicted molar refractivity (Wildman–Crippen MR) is 71.5 cm³/mol. The van der Waals surface area contributed by atoms with E-state index in [9.17, 15) is 8.42 Å². The third-order valence-corrected chi connectivity index (χ3v) is 3.95. The lowest BCUT2D eigenvalue weighted by atomic mass is 10.3. The largest absolute Gasteiger partial charge is 0.441 e. The Balaban J connectivity index is 2.21. The number of nitrogens with zero attached hydrogens (tertiary/aromatic N) is 1. The third-order valence-electron chi connectivity index (χ3n) is 2.31. The lowest BCUT2D eigenvalue weighted by Crippen LogP contribution is -2.16. The van der Waals surface area contributed by atoms with Crippen LogP contribution in [-0.2, 0) is 10.0 Å². The quantitative estimate of drug-likeness (QED) is 0.858. The van der Waals surface area contributed by atoms with Crippen LogP contribution in [0.2, 0.25) is 0 Å². The highest BCUT2D eigenvalue weighted by Crippen LogP contribution is 2.20. The monoisotopic (exact) mass is 288 g/mol. The van der Waals surface area contributed by atoms with Crippen molar-refractivity contribution in [1.82, 2.24) is 4.98 Å². The van der Waals surface area contributed by atoms with E-state index in [2.05, 4.69) is 9.71 Å². The molecule has 0 unspecified atom stereocenters. The van der Waals surface area contributed by atoms with Gasteiger partial charge in [0.15, 0.2) is 11.5 Å². The first-order chi connectivity index (χ1) is 8.50. The van der Waals surface area contributed by atoms with Gasteiger partial charge in [-0.1, -0.05) is 0 Å². The Bertz CT molecular complexity index is 651. The first-order valence-corrected chi connectivity index (χ1v) is 7.62. The van der Waals surface area contributed by atoms with Crippen molar-refractivity contribution in [3.05, 3.63) is 24.1 Å². The SMILES string of the molecule is Cc1nc2cc(NS(=O)(=O)CCCCl)ccc2o1. The van der Waals surface area contributed by atoms with Gasteiger partial charge in [-0.2, -0.15) is 0 Å². The number of aryl methyl sites for hydroxylation is 1. The van der Waals surface area contributed by atoms with Crippen LogP contribution in [0.25, 0.3) is 11.1 Å². The van der Waals surface area contributed by atoms with Crippen LogP contribution in [0.4, 0.5) is 5.69 Å². The molecular weight excluding hydrogens is 276 g/mol. The number of alkyl halides is 1. The smallest absolute Gasteiger partial charge is 0.232 e. The van der Waals surface area contributed by atoms with Crippen molar-refractivity contribution < 1.29 is 12.8 Å². The number of oxazole rings is 1. The van der Waals surface area contributed by atoms with Gasteiger partial charge in [0.25, 0.3) is 0 Å². The minimum atomic E-state index is -3.35. The molecule has 1 aromatic heterocycles. The molecule has 0 atom stereocenters. The zero-order valence-corrected chi connectivity index (χ0v) is 11.4. The van der Waals surface area contributed by atoms with Crippen molar-refractivity contribution in [3.8, 4) is 0 Å². The maximum absolute atomic E-state index is 11.7. The van der Waals surface area contributed by atoms with Crippen LogP contribution in [0.5, 0.6) is 0 Å². The summed E-state index contributed by atoms with van der Waals surface area (Å²) in [6, 6.07) is 4.98. The van der Waals surface area contributed by atoms with E-state index < -0.39 is 10.0 Å². The molecule has 2 rings (SSSR count). The molecule has 0 spiro atoms. The molecule has 0 aliphatic heterocycles. The number of nitrogens with one attached hydrogen (secondary N) is 1. The molecule has 1 aromatic carbocycles. The minimum absolute atomic E-state index is 0.00633. The van der Waals surface area contributed by atoms with Gasteiger partial charge >= 0.3 is 0 Å². The van der Waals surface area contributed by atoms with E-state index in [1.54, 1.807) is 25.1 Å². The number of fused-ring (bicyclic) bond motifs is 1. The number of sulfonamides is 1. The zero-order chi connectivity index (χ0) is 13.2. The second-order valence-corrected chi connectivity index (χ2v) is 6.10. The number of aromatic nitrogens is 1. The highest BCUT2D eigenvalue weighted by Gasteiger charge is 2.11. The van der Waals surface area contributed by atoms with Crippen molar-refractivity contribution in [2.24, 2.45) is 0 Å². The first kappa shape index (κ1) is 13.2. The zero-order valence-electron chi connectivity index (χ0n) is 9.81. The molecule has 0 saturated carbocycles. The van der Waals surface area contributed by atoms with E-state index in [0.29, 0.717) is 35.0 Å². The molecule has 2 aromatic rings. The number of benzene rings is 1. The van der Waals surface area contributed by atoms with Crippen molar-refractivity contribution in [3.63, 3.8) is 0 Å². The molecule has 0 bridgehead atoms. The van der Waals surface area contributed by atoms with Crippen LogP contribution in [-0.4, -0.2) is 25.0 Å². The molecule has 0 fully saturated rings. The maximum atomic E-state index is 11.7. The first-order valence-electron chi connectivity index (χ1n) is 5.44. The number of hydrogen-bond donors (Lipinski definition) is 1. The standard InChI is InChI=1S/C11H13ClN2O3S/c1-8-13-10-7-9(3-4-11(10)17-8)14-18(15,16)6-2-5-12/h3-4,7,14H,2,5-6H2,1H3. The average Bonchev–Trinajstić information content (AvgIpc) is 2.65. The number of halogens is 1. The Morgan fingerprint density at radius 3 is 2.94 bits per heavy atom. The van der Waals surface area contributed by atoms with E-state index in [0.717, 1.165) is 0 Å². The van der Waals surface area contributed by atoms with Gasteiger partial charge in [-0.25, -0.2) is 13.4 Å². The van der Waals surface area contributed by atoms with Crippen LogP contribution in [0.1, 0.15) is 12.3 Å². The Kier molecular flexibility index (Phi) is 3.77. The van der Waals surface area contributed by atoms with Crippen molar-refractivity contribution in [2.45, 2.75) is 13.3 Å². The highest BCUT2D eigenvalue weighted by atomic mass is 35.5. The van der Waals surface area contributed by atoms with Gasteiger partial charge in [0.1, 0.15) is 5.52 Å². The molecule has 7 heteroatoms. The van der Waals surface area contributed by atoms with Crippen LogP contribution in [0.3, 0.4) is 0 Å². The summed E-state index contributed by atoms with van der Waals surface area (Å²) in [5.41, 5.74) is 1.74. The molecule has 0 radical (unpaired) electrons. The van der Waals surface area contributed by atoms with Gasteiger partial charge in [-0.3, -0.25) is 4.72 Å². The predicted octanol–water partition coefficient (Wildman–Crippen LogP) is 2.51. The second-order valence-electron chi connectivity index (χ2n) is 3.88. The van der Waals surface area contributed by atoms with Crippen molar-refractivity contribution >= 4 is 38.4 Å². The fraction of sp³-hybridized carbons (Fsp3) is 0.364. The average molecular weight is 289 g/mol. The summed E-state index contributed by atoms with van der Waals surface area (Å²) in [7, 11) is -3.35. The van der Waals surface area contributed by atoms with E-state index in [-0.39, 0.29) is 5.75 Å². The van der Waals surface area contributed by atoms with Crippen LogP contribution >= 0.6 is 11.6 Å². The van der Waals surface area contributed by atoms with Gasteiger partial charge in [0.05, 0.1) is 11.4 Å². The van der Waals surface area contributed by atoms with Gasteiger partial charge in [-0.05, 0) is 24.6 Å². The van der Waals surface area contributed by atoms with Gasteiger partial charge in [0, 0.05) is 12.8 Å². The van der Waals surface area contributed by atoms with Crippen LogP contribution < -0.4 is 4.72 Å². The van der Waals surface area contributed by atoms with E-state index >= 15 is 0 Å². The lowest BCUT2D eigenvalue weighted by molar-refractivity contribution is 0.561. The molecule has 5 nitrogen and oxygen atoms in total. The Morgan fingerprint density at radius 1 is 1.44 bits per heavy atom. The summed E-state index contributed by atoms with van der Waals surface area (Å²) in [6.07, 6.45) is 0.419. The molecule has 0 aliphatic carbocycles. The fourth-order valence-electron chi connectivity index (χ4n) is 1.58. The molecule has 0 amide bonds. The number of hydrogen-bond acceptors (Lipinski definition) is 4. The van der Waals surface area contributed by atoms with E-state index in [1.165, 1.54) is 0 Å². The van der Waals surface area contributed by atoms with Gasteiger partial charge < -0.3 is 4.42 Å². The minimum Gasteiger partial charge on any atom is -0.441 e. The molecule has 1 N–H and O–H groups in total. The lowest BCUT2D eigenvalue weighted by Gasteiger charge is -2.06. The Morgan fingerprint density at radius 2 is 2.22 bits per heavy atom. The highest BCUT2D eigenvalue weighted by molar-refractivity contribution is 7.92. The topological polar surface area (TPSA) is 72.2 Å². The molecule has 98 valence electrons. The third kappa shape index (κ3) is 3.14. The summed E-state index contributed by atoms with van der Waals surface area (Å²) in [4.78, 5) is 4.14.